The van der Waals surface area contributed by atoms with Crippen molar-refractivity contribution in [1.82, 2.24) is 0 Å². The van der Waals surface area contributed by atoms with Crippen molar-refractivity contribution in [3.63, 3.8) is 0 Å². The summed E-state index contributed by atoms with van der Waals surface area (Å²) in [5.74, 6) is 0.115. The van der Waals surface area contributed by atoms with Crippen LogP contribution in [0.4, 0.5) is 5.69 Å². The van der Waals surface area contributed by atoms with Crippen LogP contribution in [0.25, 0.3) is 0 Å². The van der Waals surface area contributed by atoms with Gasteiger partial charge in [-0.15, -0.1) is 0 Å². The normalized spacial score (nSPS) is 16.1. The zero-order valence-corrected chi connectivity index (χ0v) is 16.5. The second kappa shape index (κ2) is 7.09. The Labute approximate surface area is 155 Å². The third kappa shape index (κ3) is 4.99. The molecule has 0 heterocycles. The molecule has 25 heavy (non-hydrogen) atoms. The maximum absolute atomic E-state index is 12.9. The van der Waals surface area contributed by atoms with E-state index in [1.165, 1.54) is 0 Å². The van der Waals surface area contributed by atoms with Crippen LogP contribution in [0.2, 0.25) is 5.02 Å². The first kappa shape index (κ1) is 19.3. The van der Waals surface area contributed by atoms with Crippen molar-refractivity contribution in [1.29, 1.82) is 0 Å². The van der Waals surface area contributed by atoms with Gasteiger partial charge in [-0.1, -0.05) is 59.2 Å². The molecule has 0 saturated carbocycles. The average molecular weight is 357 g/mol. The van der Waals surface area contributed by atoms with Crippen LogP contribution in [0.1, 0.15) is 41.5 Å². The molecule has 4 heteroatoms. The van der Waals surface area contributed by atoms with E-state index < -0.39 is 0 Å². The number of hydrogen-bond acceptors (Lipinski definition) is 3. The number of Topliss-reactive ketones (excluding diaryl/α,β-unsaturated/α-hetero) is 1. The largest absolute Gasteiger partial charge is 0.289 e. The summed E-state index contributed by atoms with van der Waals surface area (Å²) in [5.41, 5.74) is 2.69. The van der Waals surface area contributed by atoms with Crippen molar-refractivity contribution in [2.45, 2.75) is 41.5 Å². The predicted octanol–water partition coefficient (Wildman–Crippen LogP) is 6.84. The number of nitrogens with zero attached hydrogens (tertiary/aromatic N) is 2. The number of hydrogen-bond donors (Lipinski definition) is 0. The lowest BCUT2D eigenvalue weighted by Gasteiger charge is -2.31. The third-order valence-corrected chi connectivity index (χ3v) is 4.15. The van der Waals surface area contributed by atoms with Gasteiger partial charge in [-0.2, -0.15) is 10.2 Å². The fourth-order valence-corrected chi connectivity index (χ4v) is 2.72. The fraction of sp³-hybridized carbons (Fsp3) is 0.381. The number of carbonyl (C=O) groups excluding carboxylic acids is 1. The number of halogens is 1. The number of carbonyl (C=O) groups is 1. The highest BCUT2D eigenvalue weighted by atomic mass is 35.5. The van der Waals surface area contributed by atoms with Gasteiger partial charge in [0.2, 0.25) is 0 Å². The number of azo groups is 1. The Balaban J connectivity index is 2.41. The fourth-order valence-electron chi connectivity index (χ4n) is 2.54. The second-order valence-corrected chi connectivity index (χ2v) is 8.71. The Bertz CT molecular complexity index is 764. The van der Waals surface area contributed by atoms with E-state index in [0.29, 0.717) is 10.7 Å². The first-order valence-electron chi connectivity index (χ1n) is 8.34. The standard InChI is InChI=1S/C21H25ClN2O/c1-20(2,3)17-10-14(11-18(19(17)25)21(4,5)6)13-23-24-16-9-7-8-15(22)12-16/h7-13H,1-6H3. The smallest absolute Gasteiger partial charge is 0.186 e. The summed E-state index contributed by atoms with van der Waals surface area (Å²) in [6.45, 7) is 12.3. The van der Waals surface area contributed by atoms with Gasteiger partial charge >= 0.3 is 0 Å². The molecule has 1 aromatic carbocycles. The molecule has 0 unspecified atom stereocenters. The molecule has 3 nitrogen and oxygen atoms in total. The summed E-state index contributed by atoms with van der Waals surface area (Å²) in [6, 6.07) is 7.22. The molecule has 1 aliphatic carbocycles. The van der Waals surface area contributed by atoms with Crippen LogP contribution in [-0.2, 0) is 4.79 Å². The molecule has 0 radical (unpaired) electrons. The van der Waals surface area contributed by atoms with E-state index in [9.17, 15) is 4.79 Å². The molecule has 0 aliphatic heterocycles. The van der Waals surface area contributed by atoms with Gasteiger partial charge in [-0.05, 0) is 46.8 Å². The van der Waals surface area contributed by atoms with E-state index in [-0.39, 0.29) is 16.6 Å². The van der Waals surface area contributed by atoms with Gasteiger partial charge in [0, 0.05) is 16.2 Å². The lowest BCUT2D eigenvalue weighted by atomic mass is 9.72. The van der Waals surface area contributed by atoms with E-state index >= 15 is 0 Å². The predicted molar refractivity (Wildman–Crippen MR) is 104 cm³/mol. The highest BCUT2D eigenvalue weighted by molar-refractivity contribution is 6.30. The Morgan fingerprint density at radius 3 is 2.00 bits per heavy atom. The highest BCUT2D eigenvalue weighted by Gasteiger charge is 2.33. The first-order valence-corrected chi connectivity index (χ1v) is 8.72. The summed E-state index contributed by atoms with van der Waals surface area (Å²) in [7, 11) is 0. The molecule has 0 bridgehead atoms. The van der Waals surface area contributed by atoms with E-state index in [4.69, 9.17) is 11.6 Å². The van der Waals surface area contributed by atoms with Crippen LogP contribution in [0.5, 0.6) is 0 Å². The van der Waals surface area contributed by atoms with Gasteiger partial charge < -0.3 is 0 Å². The van der Waals surface area contributed by atoms with Crippen molar-refractivity contribution in [3.8, 4) is 0 Å². The minimum Gasteiger partial charge on any atom is -0.289 e. The van der Waals surface area contributed by atoms with Gasteiger partial charge in [0.25, 0.3) is 0 Å². The average Bonchev–Trinajstić information content (AvgIpc) is 2.46. The summed E-state index contributed by atoms with van der Waals surface area (Å²) < 4.78 is 0. The summed E-state index contributed by atoms with van der Waals surface area (Å²) >= 11 is 5.95. The molecule has 0 aromatic heterocycles. The minimum atomic E-state index is -0.231. The maximum atomic E-state index is 12.9. The molecule has 0 saturated heterocycles. The lowest BCUT2D eigenvalue weighted by molar-refractivity contribution is -0.114. The molecule has 132 valence electrons. The van der Waals surface area contributed by atoms with Crippen LogP contribution in [0.15, 0.2) is 69.6 Å². The monoisotopic (exact) mass is 356 g/mol. The van der Waals surface area contributed by atoms with Crippen molar-refractivity contribution in [2.75, 3.05) is 0 Å². The zero-order chi connectivity index (χ0) is 18.8. The number of rotatable bonds is 2. The van der Waals surface area contributed by atoms with Crippen molar-refractivity contribution in [3.05, 3.63) is 64.4 Å². The summed E-state index contributed by atoms with van der Waals surface area (Å²) in [5, 5.41) is 8.97. The SMILES string of the molecule is CC(C)(C)C1=CC(=CN=Nc2cccc(Cl)c2)C=C(C(C)(C)C)C1=O. The summed E-state index contributed by atoms with van der Waals surface area (Å²) in [4.78, 5) is 12.9. The van der Waals surface area contributed by atoms with Crippen molar-refractivity contribution >= 4 is 23.1 Å². The van der Waals surface area contributed by atoms with E-state index in [2.05, 4.69) is 10.2 Å². The molecule has 2 rings (SSSR count). The molecule has 1 aliphatic rings. The first-order chi connectivity index (χ1) is 11.5. The van der Waals surface area contributed by atoms with Crippen LogP contribution < -0.4 is 0 Å². The Kier molecular flexibility index (Phi) is 5.48. The molecule has 0 N–H and O–H groups in total. The Hall–Kier alpha value is -2.00. The molecular weight excluding hydrogens is 332 g/mol. The minimum absolute atomic E-state index is 0.115. The highest BCUT2D eigenvalue weighted by Crippen LogP contribution is 2.38. The Morgan fingerprint density at radius 1 is 0.960 bits per heavy atom. The van der Waals surface area contributed by atoms with Crippen LogP contribution >= 0.6 is 11.6 Å². The van der Waals surface area contributed by atoms with Gasteiger partial charge in [-0.3, -0.25) is 4.79 Å². The lowest BCUT2D eigenvalue weighted by Crippen LogP contribution is -2.27. The number of ketones is 1. The molecular formula is C21H25ClN2O. The van der Waals surface area contributed by atoms with Crippen molar-refractivity contribution < 1.29 is 4.79 Å². The van der Waals surface area contributed by atoms with Crippen molar-refractivity contribution in [2.24, 2.45) is 21.1 Å². The molecule has 0 amide bonds. The van der Waals surface area contributed by atoms with Crippen LogP contribution in [-0.4, -0.2) is 5.78 Å². The van der Waals surface area contributed by atoms with Crippen LogP contribution in [0.3, 0.4) is 0 Å². The van der Waals surface area contributed by atoms with Gasteiger partial charge in [-0.25, -0.2) is 0 Å². The van der Waals surface area contributed by atoms with E-state index in [1.54, 1.807) is 18.3 Å². The molecule has 0 fully saturated rings. The third-order valence-electron chi connectivity index (χ3n) is 3.92. The topological polar surface area (TPSA) is 41.8 Å². The van der Waals surface area contributed by atoms with E-state index in [1.807, 2.05) is 65.8 Å². The van der Waals surface area contributed by atoms with Crippen LogP contribution in [0, 0.1) is 10.8 Å². The van der Waals surface area contributed by atoms with E-state index in [0.717, 1.165) is 16.7 Å². The van der Waals surface area contributed by atoms with Gasteiger partial charge in [0.05, 0.1) is 11.9 Å². The Morgan fingerprint density at radius 2 is 1.52 bits per heavy atom. The number of allylic oxidation sites excluding steroid dienone is 5. The second-order valence-electron chi connectivity index (χ2n) is 8.27. The summed E-state index contributed by atoms with van der Waals surface area (Å²) in [6.07, 6.45) is 5.51. The molecule has 0 atom stereocenters. The molecule has 1 aromatic rings. The quantitative estimate of drug-likeness (QED) is 0.535. The zero-order valence-electron chi connectivity index (χ0n) is 15.7. The number of benzene rings is 1. The maximum Gasteiger partial charge on any atom is 0.186 e. The van der Waals surface area contributed by atoms with Gasteiger partial charge in [0.1, 0.15) is 0 Å². The van der Waals surface area contributed by atoms with Gasteiger partial charge in [0.15, 0.2) is 5.78 Å². The molecule has 0 spiro atoms.